The van der Waals surface area contributed by atoms with Crippen LogP contribution in [0, 0.1) is 0 Å². The van der Waals surface area contributed by atoms with Crippen LogP contribution in [-0.2, 0) is 0 Å². The Bertz CT molecular complexity index is 53.7. The predicted molar refractivity (Wildman–Crippen MR) is 28.4 cm³/mol. The fourth-order valence-corrected chi connectivity index (χ4v) is 0.205. The average Bonchev–Trinajstić information content (AvgIpc) is 1.69. The molecule has 3 heteroatoms. The smallest absolute Gasteiger partial charge is 0.124 e. The van der Waals surface area contributed by atoms with Gasteiger partial charge in [0.15, 0.2) is 0 Å². The van der Waals surface area contributed by atoms with E-state index in [1.54, 1.807) is 7.05 Å². The fourth-order valence-electron chi connectivity index (χ4n) is 0.205. The first-order chi connectivity index (χ1) is 3.41. The van der Waals surface area contributed by atoms with E-state index in [4.69, 9.17) is 0 Å². The minimum atomic E-state index is -0.471. The molecule has 0 unspecified atom stereocenters. The lowest BCUT2D eigenvalue weighted by Crippen LogP contribution is -2.04. The summed E-state index contributed by atoms with van der Waals surface area (Å²) in [5.41, 5.74) is 0. The molecule has 0 spiro atoms. The molecule has 42 valence electrons. The highest BCUT2D eigenvalue weighted by atomic mass is 19.1. The fraction of sp³-hybridized carbons (Fsp3) is 0.750. The topological polar surface area (TPSA) is 24.4 Å². The minimum absolute atomic E-state index is 0.471. The maximum Gasteiger partial charge on any atom is 0.124 e. The molecular weight excluding hydrogens is 95.1 g/mol. The number of nitrogens with zero attached hydrogens (tertiary/aromatic N) is 1. The Hall–Kier alpha value is -0.440. The second-order valence-corrected chi connectivity index (χ2v) is 1.03. The maximum absolute atomic E-state index is 11.1. The molecule has 0 amide bonds. The van der Waals surface area contributed by atoms with E-state index in [-0.39, 0.29) is 0 Å². The summed E-state index contributed by atoms with van der Waals surface area (Å²) in [6.45, 7) is 0.0333. The molecule has 0 heterocycles. The lowest BCUT2D eigenvalue weighted by Gasteiger charge is -1.83. The van der Waals surface area contributed by atoms with Crippen molar-refractivity contribution >= 4 is 6.21 Å². The van der Waals surface area contributed by atoms with Crippen molar-refractivity contribution in [2.45, 2.75) is 0 Å². The molecule has 0 bridgehead atoms. The highest BCUT2D eigenvalue weighted by Crippen LogP contribution is 1.60. The van der Waals surface area contributed by atoms with Gasteiger partial charge in [-0.15, -0.1) is 0 Å². The quantitative estimate of drug-likeness (QED) is 0.508. The molecule has 7 heavy (non-hydrogen) atoms. The molecule has 0 aromatic rings. The first-order valence-corrected chi connectivity index (χ1v) is 2.10. The van der Waals surface area contributed by atoms with E-state index in [2.05, 4.69) is 10.3 Å². The molecule has 1 N–H and O–H groups in total. The molecule has 0 saturated heterocycles. The van der Waals surface area contributed by atoms with E-state index in [0.29, 0.717) is 6.67 Å². The van der Waals surface area contributed by atoms with E-state index in [1.165, 1.54) is 6.21 Å². The van der Waals surface area contributed by atoms with Crippen molar-refractivity contribution in [3.05, 3.63) is 0 Å². The van der Waals surface area contributed by atoms with Crippen molar-refractivity contribution in [1.82, 2.24) is 5.32 Å². The van der Waals surface area contributed by atoms with E-state index in [1.807, 2.05) is 0 Å². The van der Waals surface area contributed by atoms with Gasteiger partial charge in [-0.25, -0.2) is 4.39 Å². The summed E-state index contributed by atoms with van der Waals surface area (Å²) in [5, 5.41) is 2.74. The highest BCUT2D eigenvalue weighted by molar-refractivity contribution is 5.57. The van der Waals surface area contributed by atoms with Crippen LogP contribution >= 0.6 is 0 Å². The molecule has 2 nitrogen and oxygen atoms in total. The number of aliphatic imine (C=N–C) groups is 1. The monoisotopic (exact) mass is 104 g/mol. The predicted octanol–water partition coefficient (Wildman–Crippen LogP) is 0.204. The lowest BCUT2D eigenvalue weighted by atomic mass is 10.8. The molecule has 0 aliphatic carbocycles. The van der Waals surface area contributed by atoms with Crippen LogP contribution in [0.3, 0.4) is 0 Å². The number of alkyl halides is 1. The average molecular weight is 104 g/mol. The summed E-state index contributed by atoms with van der Waals surface area (Å²) in [7, 11) is 1.76. The Morgan fingerprint density at radius 2 is 2.57 bits per heavy atom. The molecule has 0 aromatic carbocycles. The summed E-state index contributed by atoms with van der Waals surface area (Å²) in [5.74, 6) is 0. The SMILES string of the molecule is CNC/N=C\CF. The van der Waals surface area contributed by atoms with Crippen LogP contribution in [0.1, 0.15) is 0 Å². The maximum atomic E-state index is 11.1. The molecular formula is C4H9FN2. The Kier molecular flexibility index (Phi) is 5.21. The van der Waals surface area contributed by atoms with Crippen molar-refractivity contribution in [3.63, 3.8) is 0 Å². The Morgan fingerprint density at radius 3 is 3.00 bits per heavy atom. The van der Waals surface area contributed by atoms with Gasteiger partial charge in [-0.3, -0.25) is 4.99 Å². The first-order valence-electron chi connectivity index (χ1n) is 2.10. The zero-order chi connectivity index (χ0) is 5.54. The van der Waals surface area contributed by atoms with Gasteiger partial charge in [-0.05, 0) is 7.05 Å². The Morgan fingerprint density at radius 1 is 1.86 bits per heavy atom. The van der Waals surface area contributed by atoms with Crippen LogP contribution in [0.4, 0.5) is 4.39 Å². The van der Waals surface area contributed by atoms with Gasteiger partial charge in [-0.2, -0.15) is 0 Å². The van der Waals surface area contributed by atoms with Gasteiger partial charge in [0.2, 0.25) is 0 Å². The third kappa shape index (κ3) is 5.56. The van der Waals surface area contributed by atoms with E-state index in [0.717, 1.165) is 0 Å². The van der Waals surface area contributed by atoms with Crippen LogP contribution in [-0.4, -0.2) is 26.6 Å². The van der Waals surface area contributed by atoms with Gasteiger partial charge in [0.05, 0.1) is 6.67 Å². The standard InChI is InChI=1S/C4H9FN2/c1-6-4-7-3-2-5/h3,6H,2,4H2,1H3/b7-3-. The number of rotatable bonds is 3. The van der Waals surface area contributed by atoms with E-state index < -0.39 is 6.67 Å². The summed E-state index contributed by atoms with van der Waals surface area (Å²) < 4.78 is 11.1. The van der Waals surface area contributed by atoms with Gasteiger partial charge < -0.3 is 5.32 Å². The molecule has 0 saturated carbocycles. The first kappa shape index (κ1) is 6.56. The number of halogens is 1. The third-order valence-electron chi connectivity index (χ3n) is 0.448. The largest absolute Gasteiger partial charge is 0.301 e. The summed E-state index contributed by atoms with van der Waals surface area (Å²) in [6, 6.07) is 0. The van der Waals surface area contributed by atoms with Crippen LogP contribution in [0.5, 0.6) is 0 Å². The number of nitrogens with one attached hydrogen (secondary N) is 1. The highest BCUT2D eigenvalue weighted by Gasteiger charge is 1.67. The van der Waals surface area contributed by atoms with Crippen LogP contribution in [0.15, 0.2) is 4.99 Å². The van der Waals surface area contributed by atoms with Crippen LogP contribution in [0.2, 0.25) is 0 Å². The van der Waals surface area contributed by atoms with Crippen LogP contribution in [0.25, 0.3) is 0 Å². The second-order valence-electron chi connectivity index (χ2n) is 1.03. The third-order valence-corrected chi connectivity index (χ3v) is 0.448. The lowest BCUT2D eigenvalue weighted by molar-refractivity contribution is 0.586. The summed E-state index contributed by atoms with van der Waals surface area (Å²) in [4.78, 5) is 3.60. The van der Waals surface area contributed by atoms with Gasteiger partial charge in [0.25, 0.3) is 0 Å². The zero-order valence-electron chi connectivity index (χ0n) is 4.32. The Balaban J connectivity index is 2.78. The molecule has 0 aromatic heterocycles. The van der Waals surface area contributed by atoms with Crippen molar-refractivity contribution in [1.29, 1.82) is 0 Å². The van der Waals surface area contributed by atoms with Crippen LogP contribution < -0.4 is 5.32 Å². The molecule has 0 rings (SSSR count). The van der Waals surface area contributed by atoms with Crippen molar-refractivity contribution in [2.24, 2.45) is 4.99 Å². The minimum Gasteiger partial charge on any atom is -0.301 e. The van der Waals surface area contributed by atoms with Crippen molar-refractivity contribution in [2.75, 3.05) is 20.4 Å². The second kappa shape index (κ2) is 5.56. The summed E-state index contributed by atoms with van der Waals surface area (Å²) in [6.07, 6.45) is 1.23. The Labute approximate surface area is 42.4 Å². The van der Waals surface area contributed by atoms with Crippen molar-refractivity contribution in [3.8, 4) is 0 Å². The molecule has 0 aliphatic rings. The molecule has 0 aliphatic heterocycles. The van der Waals surface area contributed by atoms with Crippen molar-refractivity contribution < 1.29 is 4.39 Å². The molecule has 0 atom stereocenters. The number of hydrogen-bond acceptors (Lipinski definition) is 2. The van der Waals surface area contributed by atoms with Gasteiger partial charge in [0, 0.05) is 6.21 Å². The summed E-state index contributed by atoms with van der Waals surface area (Å²) >= 11 is 0. The molecule has 0 radical (unpaired) electrons. The molecule has 0 fully saturated rings. The normalized spacial score (nSPS) is 10.6. The zero-order valence-corrected chi connectivity index (χ0v) is 4.32. The number of hydrogen-bond donors (Lipinski definition) is 1. The van der Waals surface area contributed by atoms with Gasteiger partial charge in [0.1, 0.15) is 6.67 Å². The van der Waals surface area contributed by atoms with Gasteiger partial charge >= 0.3 is 0 Å². The van der Waals surface area contributed by atoms with E-state index in [9.17, 15) is 4.39 Å². The van der Waals surface area contributed by atoms with E-state index >= 15 is 0 Å². The van der Waals surface area contributed by atoms with Gasteiger partial charge in [-0.1, -0.05) is 0 Å².